The van der Waals surface area contributed by atoms with Crippen LogP contribution in [-0.2, 0) is 4.74 Å². The fraction of sp³-hybridized carbons (Fsp3) is 0.111. The van der Waals surface area contributed by atoms with Crippen molar-refractivity contribution in [3.05, 3.63) is 65.0 Å². The molecule has 3 rings (SSSR count). The van der Waals surface area contributed by atoms with Crippen molar-refractivity contribution in [2.45, 2.75) is 6.92 Å². The molecule has 2 aromatic carbocycles. The summed E-state index contributed by atoms with van der Waals surface area (Å²) in [7, 11) is 0. The van der Waals surface area contributed by atoms with Crippen molar-refractivity contribution >= 4 is 29.2 Å². The van der Waals surface area contributed by atoms with E-state index in [1.54, 1.807) is 55.5 Å². The smallest absolute Gasteiger partial charge is 0.340 e. The summed E-state index contributed by atoms with van der Waals surface area (Å²) < 4.78 is 10.4. The first-order valence-corrected chi connectivity index (χ1v) is 8.13. The number of halogens is 1. The quantitative estimate of drug-likeness (QED) is 0.685. The van der Waals surface area contributed by atoms with Gasteiger partial charge in [0.25, 0.3) is 0 Å². The molecular weight excluding hydrogens is 358 g/mol. The SMILES string of the molecule is CCOC(=O)c1ccccc1NC(=O)c1nnc(-c2cccc(Cl)c2)o1. The van der Waals surface area contributed by atoms with Gasteiger partial charge < -0.3 is 14.5 Å². The molecule has 1 aromatic heterocycles. The highest BCUT2D eigenvalue weighted by atomic mass is 35.5. The zero-order valence-electron chi connectivity index (χ0n) is 13.7. The van der Waals surface area contributed by atoms with Crippen LogP contribution in [0.2, 0.25) is 5.02 Å². The second-order valence-electron chi connectivity index (χ2n) is 5.14. The monoisotopic (exact) mass is 371 g/mol. The van der Waals surface area contributed by atoms with Gasteiger partial charge in [0, 0.05) is 10.6 Å². The third-order valence-electron chi connectivity index (χ3n) is 3.36. The largest absolute Gasteiger partial charge is 0.462 e. The lowest BCUT2D eigenvalue weighted by atomic mass is 10.2. The van der Waals surface area contributed by atoms with Gasteiger partial charge in [0.05, 0.1) is 17.9 Å². The molecule has 0 radical (unpaired) electrons. The molecule has 1 heterocycles. The van der Waals surface area contributed by atoms with Crippen LogP contribution in [0, 0.1) is 0 Å². The molecule has 0 saturated carbocycles. The van der Waals surface area contributed by atoms with Crippen LogP contribution >= 0.6 is 11.6 Å². The number of carbonyl (C=O) groups is 2. The fourth-order valence-corrected chi connectivity index (χ4v) is 2.40. The van der Waals surface area contributed by atoms with Gasteiger partial charge in [-0.3, -0.25) is 4.79 Å². The van der Waals surface area contributed by atoms with E-state index in [1.807, 2.05) is 0 Å². The topological polar surface area (TPSA) is 94.3 Å². The molecule has 0 aliphatic heterocycles. The Morgan fingerprint density at radius 2 is 1.96 bits per heavy atom. The number of aromatic nitrogens is 2. The van der Waals surface area contributed by atoms with Crippen LogP contribution in [0.3, 0.4) is 0 Å². The average Bonchev–Trinajstić information content (AvgIpc) is 3.13. The molecule has 26 heavy (non-hydrogen) atoms. The number of ether oxygens (including phenoxy) is 1. The first-order valence-electron chi connectivity index (χ1n) is 7.75. The molecule has 0 bridgehead atoms. The summed E-state index contributed by atoms with van der Waals surface area (Å²) in [6, 6.07) is 13.3. The van der Waals surface area contributed by atoms with Gasteiger partial charge >= 0.3 is 17.8 Å². The number of para-hydroxylation sites is 1. The summed E-state index contributed by atoms with van der Waals surface area (Å²) in [6.45, 7) is 1.93. The van der Waals surface area contributed by atoms with E-state index in [-0.39, 0.29) is 24.0 Å². The summed E-state index contributed by atoms with van der Waals surface area (Å²) in [5.74, 6) is -1.24. The number of hydrogen-bond donors (Lipinski definition) is 1. The van der Waals surface area contributed by atoms with Crippen LogP contribution in [0.1, 0.15) is 28.0 Å². The standard InChI is InChI=1S/C18H14ClN3O4/c1-2-25-18(24)13-8-3-4-9-14(13)20-15(23)17-22-21-16(26-17)11-6-5-7-12(19)10-11/h3-10H,2H2,1H3,(H,20,23). The lowest BCUT2D eigenvalue weighted by Gasteiger charge is -2.08. The zero-order valence-corrected chi connectivity index (χ0v) is 14.5. The van der Waals surface area contributed by atoms with E-state index in [1.165, 1.54) is 0 Å². The van der Waals surface area contributed by atoms with E-state index in [9.17, 15) is 9.59 Å². The molecule has 1 amide bonds. The number of nitrogens with zero attached hydrogens (tertiary/aromatic N) is 2. The van der Waals surface area contributed by atoms with Crippen molar-refractivity contribution in [2.24, 2.45) is 0 Å². The Bertz CT molecular complexity index is 955. The van der Waals surface area contributed by atoms with E-state index < -0.39 is 11.9 Å². The molecule has 8 heteroatoms. The van der Waals surface area contributed by atoms with Crippen LogP contribution in [0.15, 0.2) is 52.9 Å². The number of anilines is 1. The number of rotatable bonds is 5. The number of amides is 1. The fourth-order valence-electron chi connectivity index (χ4n) is 2.21. The average molecular weight is 372 g/mol. The van der Waals surface area contributed by atoms with Crippen molar-refractivity contribution in [2.75, 3.05) is 11.9 Å². The molecule has 3 aromatic rings. The van der Waals surface area contributed by atoms with Crippen molar-refractivity contribution in [3.8, 4) is 11.5 Å². The van der Waals surface area contributed by atoms with Gasteiger partial charge in [0.1, 0.15) is 0 Å². The molecule has 132 valence electrons. The Morgan fingerprint density at radius 3 is 2.73 bits per heavy atom. The van der Waals surface area contributed by atoms with E-state index in [0.717, 1.165) is 0 Å². The van der Waals surface area contributed by atoms with E-state index >= 15 is 0 Å². The predicted octanol–water partition coefficient (Wildman–Crippen LogP) is 3.82. The molecule has 0 fully saturated rings. The maximum Gasteiger partial charge on any atom is 0.340 e. The molecular formula is C18H14ClN3O4. The normalized spacial score (nSPS) is 10.4. The van der Waals surface area contributed by atoms with E-state index in [2.05, 4.69) is 15.5 Å². The first kappa shape index (κ1) is 17.6. The van der Waals surface area contributed by atoms with Crippen molar-refractivity contribution in [1.82, 2.24) is 10.2 Å². The van der Waals surface area contributed by atoms with Crippen LogP contribution in [0.25, 0.3) is 11.5 Å². The summed E-state index contributed by atoms with van der Waals surface area (Å²) >= 11 is 5.93. The van der Waals surface area contributed by atoms with E-state index in [4.69, 9.17) is 20.8 Å². The second-order valence-corrected chi connectivity index (χ2v) is 5.58. The summed E-state index contributed by atoms with van der Waals surface area (Å²) in [6.07, 6.45) is 0. The van der Waals surface area contributed by atoms with Crippen LogP contribution in [0.4, 0.5) is 5.69 Å². The highest BCUT2D eigenvalue weighted by molar-refractivity contribution is 6.30. The molecule has 7 nitrogen and oxygen atoms in total. The third-order valence-corrected chi connectivity index (χ3v) is 3.60. The molecule has 0 atom stereocenters. The summed E-state index contributed by atoms with van der Waals surface area (Å²) in [5, 5.41) is 10.7. The number of hydrogen-bond acceptors (Lipinski definition) is 6. The Balaban J connectivity index is 1.81. The van der Waals surface area contributed by atoms with Crippen molar-refractivity contribution in [1.29, 1.82) is 0 Å². The maximum atomic E-state index is 12.4. The van der Waals surface area contributed by atoms with Crippen LogP contribution in [0.5, 0.6) is 0 Å². The zero-order chi connectivity index (χ0) is 18.5. The lowest BCUT2D eigenvalue weighted by Crippen LogP contribution is -2.16. The lowest BCUT2D eigenvalue weighted by molar-refractivity contribution is 0.0527. The highest BCUT2D eigenvalue weighted by Crippen LogP contribution is 2.22. The summed E-state index contributed by atoms with van der Waals surface area (Å²) in [4.78, 5) is 24.3. The van der Waals surface area contributed by atoms with E-state index in [0.29, 0.717) is 16.3 Å². The van der Waals surface area contributed by atoms with Crippen molar-refractivity contribution < 1.29 is 18.7 Å². The molecule has 0 aliphatic carbocycles. The van der Waals surface area contributed by atoms with Gasteiger partial charge in [-0.2, -0.15) is 0 Å². The second kappa shape index (κ2) is 7.79. The number of carbonyl (C=O) groups excluding carboxylic acids is 2. The Morgan fingerprint density at radius 1 is 1.15 bits per heavy atom. The number of esters is 1. The van der Waals surface area contributed by atoms with Gasteiger partial charge in [0.2, 0.25) is 5.89 Å². The number of benzene rings is 2. The van der Waals surface area contributed by atoms with Gasteiger partial charge in [-0.25, -0.2) is 4.79 Å². The molecule has 0 spiro atoms. The van der Waals surface area contributed by atoms with Crippen LogP contribution < -0.4 is 5.32 Å². The minimum atomic E-state index is -0.637. The maximum absolute atomic E-state index is 12.4. The van der Waals surface area contributed by atoms with Gasteiger partial charge in [-0.1, -0.05) is 29.8 Å². The number of nitrogens with one attached hydrogen (secondary N) is 1. The van der Waals surface area contributed by atoms with Gasteiger partial charge in [-0.15, -0.1) is 10.2 Å². The Hall–Kier alpha value is -3.19. The highest BCUT2D eigenvalue weighted by Gasteiger charge is 2.19. The molecule has 0 saturated heterocycles. The Kier molecular flexibility index (Phi) is 5.28. The molecule has 0 aliphatic rings. The summed E-state index contributed by atoms with van der Waals surface area (Å²) in [5.41, 5.74) is 1.12. The predicted molar refractivity (Wildman–Crippen MR) is 95.1 cm³/mol. The minimum Gasteiger partial charge on any atom is -0.462 e. The Labute approximate surface area is 153 Å². The van der Waals surface area contributed by atoms with Crippen molar-refractivity contribution in [3.63, 3.8) is 0 Å². The van der Waals surface area contributed by atoms with Crippen LogP contribution in [-0.4, -0.2) is 28.7 Å². The minimum absolute atomic E-state index is 0.163. The first-order chi connectivity index (χ1) is 12.6. The third kappa shape index (κ3) is 3.89. The van der Waals surface area contributed by atoms with Gasteiger partial charge in [0.15, 0.2) is 0 Å². The van der Waals surface area contributed by atoms with Gasteiger partial charge in [-0.05, 0) is 37.3 Å². The molecule has 1 N–H and O–H groups in total. The molecule has 0 unspecified atom stereocenters.